The monoisotopic (exact) mass is 247 g/mol. The third-order valence-electron chi connectivity index (χ3n) is 1.18. The summed E-state index contributed by atoms with van der Waals surface area (Å²) in [5.74, 6) is -1.15. The molecule has 84 valence electrons. The standard InChI is InChI=1S/C7H13NO4S.Na.H2O/c1-4-6(9)8-7(2,3)5-13(10,11)12;;/h4H,1,5H2,2-3H3,(H,8,9)(H,10,11,12);;1H2/q;+1;/p-1. The van der Waals surface area contributed by atoms with E-state index in [2.05, 4.69) is 11.9 Å². The molecular weight excluding hydrogens is 233 g/mol. The Morgan fingerprint density at radius 2 is 1.93 bits per heavy atom. The van der Waals surface area contributed by atoms with Gasteiger partial charge in [0.2, 0.25) is 5.91 Å². The summed E-state index contributed by atoms with van der Waals surface area (Å²) in [6.07, 6.45) is 1.01. The van der Waals surface area contributed by atoms with Gasteiger partial charge in [-0.2, -0.15) is 0 Å². The first-order valence-corrected chi connectivity index (χ1v) is 5.12. The van der Waals surface area contributed by atoms with Crippen LogP contribution in [0.3, 0.4) is 0 Å². The van der Waals surface area contributed by atoms with Crippen molar-refractivity contribution in [3.8, 4) is 0 Å². The molecule has 0 saturated heterocycles. The van der Waals surface area contributed by atoms with E-state index in [4.69, 9.17) is 0 Å². The van der Waals surface area contributed by atoms with Crippen molar-refractivity contribution in [1.82, 2.24) is 5.32 Å². The van der Waals surface area contributed by atoms with Crippen LogP contribution in [-0.4, -0.2) is 35.6 Å². The van der Waals surface area contributed by atoms with E-state index in [9.17, 15) is 17.8 Å². The summed E-state index contributed by atoms with van der Waals surface area (Å²) in [5, 5.41) is 2.33. The Hall–Kier alpha value is 0.0800. The molecular formula is C7H14NNaO5S. The molecule has 0 aliphatic carbocycles. The minimum atomic E-state index is -4.33. The summed E-state index contributed by atoms with van der Waals surface area (Å²) in [5.41, 5.74) is -1.06. The molecule has 0 saturated carbocycles. The average Bonchev–Trinajstić information content (AvgIpc) is 1.80. The SMILES string of the molecule is C=CC(=O)NC(C)(C)CS(=O)(=O)[O-].O.[Na+]. The topological polar surface area (TPSA) is 118 Å². The van der Waals surface area contributed by atoms with E-state index in [0.29, 0.717) is 0 Å². The van der Waals surface area contributed by atoms with Gasteiger partial charge in [0, 0.05) is 5.54 Å². The predicted molar refractivity (Wildman–Crippen MR) is 50.6 cm³/mol. The van der Waals surface area contributed by atoms with Crippen molar-refractivity contribution in [3.05, 3.63) is 12.7 Å². The van der Waals surface area contributed by atoms with Crippen LogP contribution in [0.25, 0.3) is 0 Å². The summed E-state index contributed by atoms with van der Waals surface area (Å²) in [7, 11) is -4.33. The zero-order valence-corrected chi connectivity index (χ0v) is 11.8. The Kier molecular flexibility index (Phi) is 10.1. The summed E-state index contributed by atoms with van der Waals surface area (Å²) in [6.45, 7) is 6.10. The summed E-state index contributed by atoms with van der Waals surface area (Å²) in [4.78, 5) is 10.8. The van der Waals surface area contributed by atoms with Gasteiger partial charge in [0.25, 0.3) is 0 Å². The molecule has 6 nitrogen and oxygen atoms in total. The molecule has 0 aromatic rings. The zero-order valence-electron chi connectivity index (χ0n) is 9.03. The smallest absolute Gasteiger partial charge is 0.748 e. The number of rotatable bonds is 4. The molecule has 3 N–H and O–H groups in total. The normalized spacial score (nSPS) is 10.6. The van der Waals surface area contributed by atoms with E-state index in [-0.39, 0.29) is 35.0 Å². The average molecular weight is 247 g/mol. The van der Waals surface area contributed by atoms with Crippen LogP contribution >= 0.6 is 0 Å². The quantitative estimate of drug-likeness (QED) is 0.308. The first kappa shape index (κ1) is 20.5. The van der Waals surface area contributed by atoms with Crippen LogP contribution in [0.4, 0.5) is 0 Å². The summed E-state index contributed by atoms with van der Waals surface area (Å²) >= 11 is 0. The molecule has 0 radical (unpaired) electrons. The zero-order chi connectivity index (χ0) is 10.7. The fraction of sp³-hybridized carbons (Fsp3) is 0.571. The molecule has 0 aliphatic rings. The minimum absolute atomic E-state index is 0. The first-order valence-electron chi connectivity index (χ1n) is 3.54. The summed E-state index contributed by atoms with van der Waals surface area (Å²) in [6, 6.07) is 0. The van der Waals surface area contributed by atoms with E-state index in [1.165, 1.54) is 13.8 Å². The van der Waals surface area contributed by atoms with Crippen molar-refractivity contribution < 1.29 is 52.8 Å². The van der Waals surface area contributed by atoms with Crippen molar-refractivity contribution in [2.45, 2.75) is 19.4 Å². The molecule has 0 atom stereocenters. The van der Waals surface area contributed by atoms with Crippen LogP contribution in [-0.2, 0) is 14.9 Å². The molecule has 0 spiro atoms. The van der Waals surface area contributed by atoms with Crippen LogP contribution in [0.1, 0.15) is 13.8 Å². The van der Waals surface area contributed by atoms with E-state index in [1.54, 1.807) is 0 Å². The molecule has 0 aliphatic heterocycles. The fourth-order valence-corrected chi connectivity index (χ4v) is 1.82. The van der Waals surface area contributed by atoms with Gasteiger partial charge in [0.05, 0.1) is 15.9 Å². The number of hydrogen-bond donors (Lipinski definition) is 1. The number of carbonyl (C=O) groups is 1. The largest absolute Gasteiger partial charge is 1.00 e. The molecule has 1 amide bonds. The first-order chi connectivity index (χ1) is 5.66. The summed E-state index contributed by atoms with van der Waals surface area (Å²) < 4.78 is 31.2. The van der Waals surface area contributed by atoms with E-state index in [1.807, 2.05) is 0 Å². The van der Waals surface area contributed by atoms with Gasteiger partial charge in [-0.3, -0.25) is 4.79 Å². The maximum Gasteiger partial charge on any atom is 1.00 e. The van der Waals surface area contributed by atoms with Crippen LogP contribution in [0.5, 0.6) is 0 Å². The van der Waals surface area contributed by atoms with Crippen molar-refractivity contribution in [1.29, 1.82) is 0 Å². The van der Waals surface area contributed by atoms with Crippen molar-refractivity contribution in [3.63, 3.8) is 0 Å². The molecule has 0 heterocycles. The number of hydrogen-bond acceptors (Lipinski definition) is 4. The van der Waals surface area contributed by atoms with Gasteiger partial charge < -0.3 is 15.3 Å². The van der Waals surface area contributed by atoms with Gasteiger partial charge in [0.15, 0.2) is 0 Å². The van der Waals surface area contributed by atoms with Gasteiger partial charge in [-0.05, 0) is 19.9 Å². The number of carbonyl (C=O) groups excluding carboxylic acids is 1. The molecule has 0 aromatic carbocycles. The van der Waals surface area contributed by atoms with Crippen LogP contribution in [0, 0.1) is 0 Å². The van der Waals surface area contributed by atoms with Crippen molar-refractivity contribution in [2.24, 2.45) is 0 Å². The Bertz CT molecular complexity index is 311. The second kappa shape index (κ2) is 7.37. The molecule has 8 heteroatoms. The predicted octanol–water partition coefficient (Wildman–Crippen LogP) is -4.21. The molecule has 0 aromatic heterocycles. The number of nitrogens with one attached hydrogen (secondary N) is 1. The number of amides is 1. The molecule has 0 rings (SSSR count). The third kappa shape index (κ3) is 12.0. The Labute approximate surface area is 111 Å². The maximum atomic E-state index is 10.8. The third-order valence-corrected chi connectivity index (χ3v) is 2.26. The Morgan fingerprint density at radius 3 is 2.20 bits per heavy atom. The maximum absolute atomic E-state index is 10.8. The molecule has 15 heavy (non-hydrogen) atoms. The second-order valence-corrected chi connectivity index (χ2v) is 4.68. The Morgan fingerprint density at radius 1 is 1.53 bits per heavy atom. The molecule has 0 unspecified atom stereocenters. The second-order valence-electron chi connectivity index (χ2n) is 3.28. The van der Waals surface area contributed by atoms with E-state index in [0.717, 1.165) is 6.08 Å². The van der Waals surface area contributed by atoms with Gasteiger partial charge >= 0.3 is 29.6 Å². The van der Waals surface area contributed by atoms with Gasteiger partial charge in [0.1, 0.15) is 0 Å². The molecule has 0 fully saturated rings. The molecule has 0 bridgehead atoms. The van der Waals surface area contributed by atoms with Gasteiger partial charge in [-0.15, -0.1) is 0 Å². The van der Waals surface area contributed by atoms with E-state index < -0.39 is 27.3 Å². The van der Waals surface area contributed by atoms with Crippen molar-refractivity contribution in [2.75, 3.05) is 5.75 Å². The van der Waals surface area contributed by atoms with Gasteiger partial charge in [-0.1, -0.05) is 6.58 Å². The fourth-order valence-electron chi connectivity index (χ4n) is 0.863. The van der Waals surface area contributed by atoms with Crippen LogP contribution < -0.4 is 34.9 Å². The minimum Gasteiger partial charge on any atom is -0.748 e. The van der Waals surface area contributed by atoms with Gasteiger partial charge in [-0.25, -0.2) is 8.42 Å². The van der Waals surface area contributed by atoms with Crippen LogP contribution in [0.2, 0.25) is 0 Å². The Balaban J connectivity index is -0.000000720. The van der Waals surface area contributed by atoms with E-state index >= 15 is 0 Å². The van der Waals surface area contributed by atoms with Crippen LogP contribution in [0.15, 0.2) is 12.7 Å². The van der Waals surface area contributed by atoms with Crippen molar-refractivity contribution >= 4 is 16.0 Å².